The monoisotopic (exact) mass is 412 g/mol. The number of hydrogen-bond donors (Lipinski definition) is 0. The van der Waals surface area contributed by atoms with E-state index < -0.39 is 17.6 Å². The van der Waals surface area contributed by atoms with E-state index in [1.54, 1.807) is 0 Å². The molecule has 1 fully saturated rings. The van der Waals surface area contributed by atoms with Crippen LogP contribution >= 0.6 is 11.6 Å². The van der Waals surface area contributed by atoms with Crippen LogP contribution in [0.1, 0.15) is 30.3 Å². The third-order valence-corrected chi connectivity index (χ3v) is 5.28. The number of benzene rings is 2. The highest BCUT2D eigenvalue weighted by molar-refractivity contribution is 6.16. The highest BCUT2D eigenvalue weighted by atomic mass is 35.5. The quantitative estimate of drug-likeness (QED) is 0.392. The van der Waals surface area contributed by atoms with E-state index in [1.165, 1.54) is 18.2 Å². The summed E-state index contributed by atoms with van der Waals surface area (Å²) in [5, 5.41) is 0. The first-order valence-electron chi connectivity index (χ1n) is 8.90. The molecular formula is C20H17ClF4N2O. The summed E-state index contributed by atoms with van der Waals surface area (Å²) in [7, 11) is 0. The lowest BCUT2D eigenvalue weighted by Gasteiger charge is -2.25. The van der Waals surface area contributed by atoms with Crippen molar-refractivity contribution in [1.82, 2.24) is 9.55 Å². The maximum atomic E-state index is 13.7. The Kier molecular flexibility index (Phi) is 5.05. The van der Waals surface area contributed by atoms with E-state index in [4.69, 9.17) is 16.3 Å². The van der Waals surface area contributed by atoms with Crippen LogP contribution in [0.3, 0.4) is 0 Å². The Bertz CT molecular complexity index is 992. The molecule has 0 aliphatic carbocycles. The molecular weight excluding hydrogens is 396 g/mol. The summed E-state index contributed by atoms with van der Waals surface area (Å²) in [5.74, 6) is 0.127. The van der Waals surface area contributed by atoms with Crippen LogP contribution in [0, 0.1) is 5.82 Å². The lowest BCUT2D eigenvalue weighted by Crippen LogP contribution is -2.21. The molecule has 4 rings (SSSR count). The molecule has 0 spiro atoms. The first-order chi connectivity index (χ1) is 13.4. The molecule has 1 aromatic heterocycles. The Hall–Kier alpha value is -2.12. The van der Waals surface area contributed by atoms with Crippen LogP contribution in [-0.2, 0) is 16.8 Å². The van der Waals surface area contributed by atoms with Gasteiger partial charge in [0.2, 0.25) is 0 Å². The van der Waals surface area contributed by atoms with E-state index in [-0.39, 0.29) is 23.0 Å². The second-order valence-electron chi connectivity index (χ2n) is 6.77. The van der Waals surface area contributed by atoms with Crippen molar-refractivity contribution in [3.8, 4) is 11.1 Å². The Morgan fingerprint density at radius 3 is 2.39 bits per heavy atom. The van der Waals surface area contributed by atoms with Crippen molar-refractivity contribution >= 4 is 22.6 Å². The van der Waals surface area contributed by atoms with Gasteiger partial charge in [-0.05, 0) is 48.2 Å². The summed E-state index contributed by atoms with van der Waals surface area (Å²) in [6.45, 7) is 1.16. The van der Waals surface area contributed by atoms with Gasteiger partial charge in [-0.3, -0.25) is 0 Å². The predicted octanol–water partition coefficient (Wildman–Crippen LogP) is 5.95. The van der Waals surface area contributed by atoms with Gasteiger partial charge >= 0.3 is 6.18 Å². The van der Waals surface area contributed by atoms with E-state index in [1.807, 2.05) is 4.57 Å². The third kappa shape index (κ3) is 3.49. The molecule has 0 N–H and O–H groups in total. The number of alkyl halides is 4. The number of fused-ring (bicyclic) bond motifs is 1. The summed E-state index contributed by atoms with van der Waals surface area (Å²) in [5.41, 5.74) is 0.330. The number of ether oxygens (including phenoxy) is 1. The lowest BCUT2D eigenvalue weighted by molar-refractivity contribution is -0.137. The maximum absolute atomic E-state index is 13.7. The Labute approximate surface area is 163 Å². The van der Waals surface area contributed by atoms with E-state index in [2.05, 4.69) is 4.98 Å². The lowest BCUT2D eigenvalue weighted by atomic mass is 9.98. The summed E-state index contributed by atoms with van der Waals surface area (Å²) in [4.78, 5) is 4.36. The summed E-state index contributed by atoms with van der Waals surface area (Å²) < 4.78 is 61.8. The minimum absolute atomic E-state index is 0.00525. The first kappa shape index (κ1) is 19.2. The van der Waals surface area contributed by atoms with Crippen molar-refractivity contribution in [2.75, 3.05) is 13.2 Å². The zero-order chi connectivity index (χ0) is 19.9. The fourth-order valence-corrected chi connectivity index (χ4v) is 3.93. The van der Waals surface area contributed by atoms with Crippen molar-refractivity contribution in [3.05, 3.63) is 53.6 Å². The molecule has 0 saturated carbocycles. The van der Waals surface area contributed by atoms with Crippen LogP contribution in [0.4, 0.5) is 17.6 Å². The fraction of sp³-hybridized carbons (Fsp3) is 0.350. The van der Waals surface area contributed by atoms with Gasteiger partial charge in [-0.25, -0.2) is 9.37 Å². The number of hydrogen-bond acceptors (Lipinski definition) is 2. The summed E-state index contributed by atoms with van der Waals surface area (Å²) in [6, 6.07) is 7.61. The number of halogens is 5. The molecule has 3 nitrogen and oxygen atoms in total. The molecule has 3 aromatic rings. The largest absolute Gasteiger partial charge is 0.417 e. The minimum atomic E-state index is -4.57. The van der Waals surface area contributed by atoms with Crippen LogP contribution in [-0.4, -0.2) is 22.8 Å². The van der Waals surface area contributed by atoms with Crippen molar-refractivity contribution in [2.24, 2.45) is 0 Å². The highest BCUT2D eigenvalue weighted by Crippen LogP contribution is 2.41. The molecule has 2 aromatic carbocycles. The SMILES string of the molecule is Fc1ccc(-c2cc3c(cc2C(F)(F)F)nc(CCl)n3C2CCOCC2)cc1. The van der Waals surface area contributed by atoms with Gasteiger partial charge in [0, 0.05) is 19.3 Å². The summed E-state index contributed by atoms with van der Waals surface area (Å²) in [6.07, 6.45) is -3.09. The maximum Gasteiger partial charge on any atom is 0.417 e. The molecule has 0 radical (unpaired) electrons. The Balaban J connectivity index is 1.96. The Morgan fingerprint density at radius 1 is 1.11 bits per heavy atom. The van der Waals surface area contributed by atoms with Crippen LogP contribution in [0.5, 0.6) is 0 Å². The number of nitrogens with zero attached hydrogens (tertiary/aromatic N) is 2. The smallest absolute Gasteiger partial charge is 0.381 e. The molecule has 148 valence electrons. The number of imidazole rings is 1. The molecule has 1 aliphatic heterocycles. The molecule has 0 bridgehead atoms. The average Bonchev–Trinajstić information content (AvgIpc) is 3.05. The molecule has 8 heteroatoms. The standard InChI is InChI=1S/C20H17ClF4N2O/c21-11-19-26-17-10-16(20(23,24)25)15(12-1-3-13(22)4-2-12)9-18(17)27(19)14-5-7-28-8-6-14/h1-4,9-10,14H,5-8,11H2. The second-order valence-corrected chi connectivity index (χ2v) is 7.03. The number of aromatic nitrogens is 2. The van der Waals surface area contributed by atoms with Crippen molar-refractivity contribution in [3.63, 3.8) is 0 Å². The highest BCUT2D eigenvalue weighted by Gasteiger charge is 2.35. The van der Waals surface area contributed by atoms with Gasteiger partial charge in [0.25, 0.3) is 0 Å². The van der Waals surface area contributed by atoms with Gasteiger partial charge in [0.05, 0.1) is 22.5 Å². The van der Waals surface area contributed by atoms with Crippen LogP contribution in [0.25, 0.3) is 22.2 Å². The van der Waals surface area contributed by atoms with Gasteiger partial charge in [-0.15, -0.1) is 11.6 Å². The molecule has 1 saturated heterocycles. The molecule has 1 aliphatic rings. The predicted molar refractivity (Wildman–Crippen MR) is 98.8 cm³/mol. The normalized spacial score (nSPS) is 16.0. The van der Waals surface area contributed by atoms with Gasteiger partial charge < -0.3 is 9.30 Å². The Morgan fingerprint density at radius 2 is 1.79 bits per heavy atom. The van der Waals surface area contributed by atoms with Gasteiger partial charge in [0.15, 0.2) is 0 Å². The van der Waals surface area contributed by atoms with Crippen LogP contribution in [0.15, 0.2) is 36.4 Å². The summed E-state index contributed by atoms with van der Waals surface area (Å²) >= 11 is 6.05. The van der Waals surface area contributed by atoms with Gasteiger partial charge in [-0.2, -0.15) is 13.2 Å². The topological polar surface area (TPSA) is 27.1 Å². The average molecular weight is 413 g/mol. The minimum Gasteiger partial charge on any atom is -0.381 e. The fourth-order valence-electron chi connectivity index (χ4n) is 3.74. The zero-order valence-corrected chi connectivity index (χ0v) is 15.5. The van der Waals surface area contributed by atoms with E-state index in [0.29, 0.717) is 30.1 Å². The molecule has 2 heterocycles. The third-order valence-electron chi connectivity index (χ3n) is 5.04. The van der Waals surface area contributed by atoms with E-state index in [9.17, 15) is 17.6 Å². The second kappa shape index (κ2) is 7.37. The molecule has 0 atom stereocenters. The van der Waals surface area contributed by atoms with Crippen LogP contribution < -0.4 is 0 Å². The van der Waals surface area contributed by atoms with E-state index in [0.717, 1.165) is 31.0 Å². The van der Waals surface area contributed by atoms with Crippen LogP contribution in [0.2, 0.25) is 0 Å². The molecule has 0 amide bonds. The van der Waals surface area contributed by atoms with Crippen molar-refractivity contribution < 1.29 is 22.3 Å². The van der Waals surface area contributed by atoms with Crippen molar-refractivity contribution in [2.45, 2.75) is 30.9 Å². The van der Waals surface area contributed by atoms with Gasteiger partial charge in [0.1, 0.15) is 11.6 Å². The first-order valence-corrected chi connectivity index (χ1v) is 9.43. The van der Waals surface area contributed by atoms with Crippen molar-refractivity contribution in [1.29, 1.82) is 0 Å². The molecule has 28 heavy (non-hydrogen) atoms. The van der Waals surface area contributed by atoms with Gasteiger partial charge in [-0.1, -0.05) is 12.1 Å². The van der Waals surface area contributed by atoms with E-state index >= 15 is 0 Å². The number of rotatable bonds is 3. The molecule has 0 unspecified atom stereocenters. The zero-order valence-electron chi connectivity index (χ0n) is 14.8.